The molecule has 0 unspecified atom stereocenters. The van der Waals surface area contributed by atoms with Gasteiger partial charge in [0.2, 0.25) is 0 Å². The van der Waals surface area contributed by atoms with Gasteiger partial charge in [0.15, 0.2) is 0 Å². The fourth-order valence-corrected chi connectivity index (χ4v) is 16.1. The van der Waals surface area contributed by atoms with Gasteiger partial charge < -0.3 is 27.5 Å². The molecule has 0 spiro atoms. The Morgan fingerprint density at radius 2 is 0.515 bits per heavy atom. The lowest BCUT2D eigenvalue weighted by molar-refractivity contribution is 0.668. The number of nitrogens with one attached hydrogen (secondary N) is 1. The monoisotopic (exact) mass is 1380 g/mol. The Labute approximate surface area is 600 Å². The van der Waals surface area contributed by atoms with E-state index in [0.29, 0.717) is 0 Å². The smallest absolute Gasteiger partial charge is 0.137 e. The number of nitrogens with zero attached hydrogens (tertiary/aromatic N) is 3. The first-order valence-electron chi connectivity index (χ1n) is 34.9. The van der Waals surface area contributed by atoms with Crippen LogP contribution in [0.1, 0.15) is 0 Å². The number of H-pyrrole nitrogens is 1. The average molecular weight is 1380 g/mol. The van der Waals surface area contributed by atoms with Gasteiger partial charge in [-0.3, -0.25) is 0 Å². The first kappa shape index (κ1) is 59.8. The second kappa shape index (κ2) is 24.6. The normalized spacial score (nSPS) is 11.7. The van der Waals surface area contributed by atoms with Crippen molar-refractivity contribution in [2.24, 2.45) is 0 Å². The van der Waals surface area contributed by atoms with Crippen LogP contribution < -0.4 is 0 Å². The fourth-order valence-electron chi connectivity index (χ4n) is 15.7. The summed E-state index contributed by atoms with van der Waals surface area (Å²) in [6, 6.07) is 130. The van der Waals surface area contributed by atoms with Crippen molar-refractivity contribution in [1.82, 2.24) is 18.7 Å². The van der Waals surface area contributed by atoms with Crippen LogP contribution in [-0.4, -0.2) is 18.7 Å². The zero-order valence-electron chi connectivity index (χ0n) is 55.7. The number of hydrogen-bond acceptors (Lipinski definition) is 2. The summed E-state index contributed by atoms with van der Waals surface area (Å²) in [5.41, 5.74) is 26.4. The second-order valence-corrected chi connectivity index (χ2v) is 27.4. The molecule has 6 nitrogen and oxygen atoms in total. The summed E-state index contributed by atoms with van der Waals surface area (Å²) in [6.45, 7) is 0. The van der Waals surface area contributed by atoms with Crippen LogP contribution in [0.25, 0.3) is 193 Å². The molecule has 0 aliphatic rings. The first-order valence-corrected chi connectivity index (χ1v) is 35.7. The van der Waals surface area contributed by atoms with Crippen molar-refractivity contribution >= 4 is 147 Å². The lowest BCUT2D eigenvalue weighted by Gasteiger charge is -2.10. The number of furan rings is 2. The van der Waals surface area contributed by atoms with Gasteiger partial charge in [0.25, 0.3) is 0 Å². The highest BCUT2D eigenvalue weighted by Crippen LogP contribution is 2.42. The van der Waals surface area contributed by atoms with Crippen molar-refractivity contribution in [3.63, 3.8) is 0 Å². The zero-order valence-corrected chi connectivity index (χ0v) is 57.3. The Hall–Kier alpha value is -13.2. The van der Waals surface area contributed by atoms with E-state index in [1.165, 1.54) is 148 Å². The summed E-state index contributed by atoms with van der Waals surface area (Å²) in [6.07, 6.45) is 0. The molecule has 0 saturated heterocycles. The highest BCUT2D eigenvalue weighted by Gasteiger charge is 2.20. The average Bonchev–Trinajstić information content (AvgIpc) is 1.59. The predicted molar refractivity (Wildman–Crippen MR) is 436 cm³/mol. The van der Waals surface area contributed by atoms with E-state index in [9.17, 15) is 0 Å². The molecule has 6 aromatic heterocycles. The summed E-state index contributed by atoms with van der Waals surface area (Å²) < 4.78 is 20.2. The van der Waals surface area contributed by atoms with Gasteiger partial charge in [-0.2, -0.15) is 0 Å². The minimum atomic E-state index is 0.899. The van der Waals surface area contributed by atoms with Crippen LogP contribution in [0.3, 0.4) is 0 Å². The maximum absolute atomic E-state index is 6.30. The number of aromatic nitrogens is 4. The molecular formula is C96H61BrN4O2. The number of halogens is 1. The third-order valence-corrected chi connectivity index (χ3v) is 21.1. The minimum absolute atomic E-state index is 0.899. The number of aromatic amines is 1. The third-order valence-electron chi connectivity index (χ3n) is 20.6. The highest BCUT2D eigenvalue weighted by molar-refractivity contribution is 9.10. The first-order chi connectivity index (χ1) is 51.0. The van der Waals surface area contributed by atoms with Crippen LogP contribution in [0.4, 0.5) is 0 Å². The van der Waals surface area contributed by atoms with Crippen LogP contribution in [0.15, 0.2) is 377 Å². The Balaban J connectivity index is 0.000000119. The van der Waals surface area contributed by atoms with Gasteiger partial charge in [0.1, 0.15) is 22.3 Å². The van der Waals surface area contributed by atoms with E-state index in [-0.39, 0.29) is 0 Å². The molecule has 22 aromatic rings. The van der Waals surface area contributed by atoms with E-state index < -0.39 is 0 Å². The van der Waals surface area contributed by atoms with E-state index in [4.69, 9.17) is 8.83 Å². The molecule has 484 valence electrons. The Bertz CT molecular complexity index is 7050. The number of benzene rings is 16. The molecule has 0 aliphatic carbocycles. The Morgan fingerprint density at radius 1 is 0.194 bits per heavy atom. The maximum atomic E-state index is 6.30. The molecule has 22 rings (SSSR count). The van der Waals surface area contributed by atoms with Crippen molar-refractivity contribution in [1.29, 1.82) is 0 Å². The molecular weight excluding hydrogens is 1320 g/mol. The number of para-hydroxylation sites is 6. The fraction of sp³-hybridized carbons (Fsp3) is 0. The van der Waals surface area contributed by atoms with E-state index in [1.54, 1.807) is 0 Å². The Kier molecular flexibility index (Phi) is 14.3. The molecule has 7 heteroatoms. The van der Waals surface area contributed by atoms with Crippen LogP contribution >= 0.6 is 15.9 Å². The van der Waals surface area contributed by atoms with Gasteiger partial charge in [-0.25, -0.2) is 0 Å². The molecule has 0 atom stereocenters. The molecule has 103 heavy (non-hydrogen) atoms. The molecule has 0 aliphatic heterocycles. The summed E-state index contributed by atoms with van der Waals surface area (Å²) in [7, 11) is 0. The standard InChI is InChI=1S/C48H30N2O.C36H24N2.C12H7BrO/c1-2-10-31(11-3-1)32-18-22-35(23-19-32)49-43-15-7-4-12-37(43)41-28-33(20-26-45(41)49)34-21-27-46-42(29-34)38-13-5-8-16-44(38)50(46)36-24-25-40-39-14-6-9-17-47(39)51-48(40)30-36;1-2-8-24(9-3-1)25-14-18-28(19-15-25)38-35-13-7-5-11-30(35)32-23-27(17-21-36(32)38)26-16-20-34-31(22-26)29-10-4-6-12-33(29)37-34;13-8-5-6-10-9-3-1-2-4-11(9)14-12(10)7-8/h1-30H;1-23,37H;1-7H. The van der Waals surface area contributed by atoms with Gasteiger partial charge in [-0.15, -0.1) is 0 Å². The quantitative estimate of drug-likeness (QED) is 0.173. The minimum Gasteiger partial charge on any atom is -0.456 e. The lowest BCUT2D eigenvalue weighted by Crippen LogP contribution is -1.94. The molecule has 0 bridgehead atoms. The van der Waals surface area contributed by atoms with Gasteiger partial charge in [-0.1, -0.05) is 234 Å². The number of hydrogen-bond donors (Lipinski definition) is 1. The summed E-state index contributed by atoms with van der Waals surface area (Å²) in [4.78, 5) is 3.54. The lowest BCUT2D eigenvalue weighted by atomic mass is 10.0. The van der Waals surface area contributed by atoms with E-state index in [1.807, 2.05) is 42.5 Å². The number of rotatable bonds is 7. The van der Waals surface area contributed by atoms with E-state index in [2.05, 4.69) is 356 Å². The van der Waals surface area contributed by atoms with E-state index >= 15 is 0 Å². The van der Waals surface area contributed by atoms with Crippen molar-refractivity contribution in [2.45, 2.75) is 0 Å². The molecule has 1 N–H and O–H groups in total. The van der Waals surface area contributed by atoms with Crippen LogP contribution in [0.2, 0.25) is 0 Å². The van der Waals surface area contributed by atoms with Gasteiger partial charge in [-0.05, 0) is 184 Å². The Morgan fingerprint density at radius 3 is 1.00 bits per heavy atom. The molecule has 16 aromatic carbocycles. The van der Waals surface area contributed by atoms with Crippen LogP contribution in [0.5, 0.6) is 0 Å². The summed E-state index contributed by atoms with van der Waals surface area (Å²) in [5.74, 6) is 0. The molecule has 0 amide bonds. The molecule has 0 fully saturated rings. The van der Waals surface area contributed by atoms with Crippen molar-refractivity contribution in [2.75, 3.05) is 0 Å². The molecule has 0 saturated carbocycles. The molecule has 0 radical (unpaired) electrons. The van der Waals surface area contributed by atoms with Gasteiger partial charge in [0, 0.05) is 103 Å². The third kappa shape index (κ3) is 10.3. The largest absolute Gasteiger partial charge is 0.456 e. The van der Waals surface area contributed by atoms with Gasteiger partial charge in [0.05, 0.1) is 33.1 Å². The van der Waals surface area contributed by atoms with Crippen molar-refractivity contribution < 1.29 is 8.83 Å². The molecule has 6 heterocycles. The van der Waals surface area contributed by atoms with E-state index in [0.717, 1.165) is 49.0 Å². The van der Waals surface area contributed by atoms with Gasteiger partial charge >= 0.3 is 0 Å². The van der Waals surface area contributed by atoms with Crippen LogP contribution in [-0.2, 0) is 0 Å². The van der Waals surface area contributed by atoms with Crippen LogP contribution in [0, 0.1) is 0 Å². The van der Waals surface area contributed by atoms with Crippen molar-refractivity contribution in [3.05, 3.63) is 368 Å². The second-order valence-electron chi connectivity index (χ2n) is 26.5. The highest BCUT2D eigenvalue weighted by atomic mass is 79.9. The summed E-state index contributed by atoms with van der Waals surface area (Å²) >= 11 is 3.43. The van der Waals surface area contributed by atoms with Crippen molar-refractivity contribution in [3.8, 4) is 61.6 Å². The summed E-state index contributed by atoms with van der Waals surface area (Å²) in [5, 5.41) is 14.7. The SMILES string of the molecule is Brc1ccc2c(c1)oc1ccccc12.c1ccc(-c2ccc(-n3c4ccccc4c4cc(-c5ccc6[nH]c7ccccc7c6c5)ccc43)cc2)cc1.c1ccc(-c2ccc(-n3c4ccccc4c4cc(-c5ccc6c(c5)c5ccccc5n6-c5ccc6c(c5)oc5ccccc56)ccc43)cc2)cc1. The number of fused-ring (bicyclic) bond motifs is 18. The topological polar surface area (TPSA) is 56.9 Å². The maximum Gasteiger partial charge on any atom is 0.137 e. The predicted octanol–water partition coefficient (Wildman–Crippen LogP) is 27.2. The zero-order chi connectivity index (χ0) is 68.1.